The molecule has 1 amide bonds. The van der Waals surface area contributed by atoms with Crippen LogP contribution in [0.5, 0.6) is 0 Å². The van der Waals surface area contributed by atoms with Gasteiger partial charge in [-0.05, 0) is 36.2 Å². The van der Waals surface area contributed by atoms with Gasteiger partial charge in [-0.25, -0.2) is 0 Å². The van der Waals surface area contributed by atoms with Gasteiger partial charge in [0.15, 0.2) is 0 Å². The van der Waals surface area contributed by atoms with E-state index in [1.54, 1.807) is 12.1 Å². The van der Waals surface area contributed by atoms with Crippen LogP contribution in [-0.2, 0) is 17.4 Å². The van der Waals surface area contributed by atoms with Gasteiger partial charge >= 0.3 is 12.1 Å². The number of alkyl halides is 3. The lowest BCUT2D eigenvalue weighted by molar-refractivity contribution is -0.139. The molecule has 0 spiro atoms. The maximum atomic E-state index is 12.9. The molecule has 0 fully saturated rings. The summed E-state index contributed by atoms with van der Waals surface area (Å²) in [4.78, 5) is 22.8. The van der Waals surface area contributed by atoms with Gasteiger partial charge in [-0.15, -0.1) is 0 Å². The van der Waals surface area contributed by atoms with Crippen LogP contribution in [0, 0.1) is 0 Å². The Morgan fingerprint density at radius 2 is 1.68 bits per heavy atom. The van der Waals surface area contributed by atoms with Crippen molar-refractivity contribution < 1.29 is 27.9 Å². The van der Waals surface area contributed by atoms with E-state index in [1.807, 2.05) is 0 Å². The Morgan fingerprint density at radius 1 is 1.08 bits per heavy atom. The monoisotopic (exact) mass is 352 g/mol. The number of carboxylic acids is 1. The number of aliphatic carboxylic acids is 1. The number of carbonyl (C=O) groups is 2. The molecule has 0 aliphatic heterocycles. The van der Waals surface area contributed by atoms with E-state index in [4.69, 9.17) is 10.8 Å². The molecular formula is C17H15F3N2O3. The lowest BCUT2D eigenvalue weighted by Gasteiger charge is -2.13. The number of hydrogen-bond acceptors (Lipinski definition) is 3. The second-order valence-corrected chi connectivity index (χ2v) is 5.34. The van der Waals surface area contributed by atoms with E-state index < -0.39 is 35.2 Å². The zero-order valence-corrected chi connectivity index (χ0v) is 12.9. The summed E-state index contributed by atoms with van der Waals surface area (Å²) < 4.78 is 38.8. The quantitative estimate of drug-likeness (QED) is 0.771. The minimum atomic E-state index is -4.63. The molecule has 5 nitrogen and oxygen atoms in total. The minimum absolute atomic E-state index is 0.0977. The van der Waals surface area contributed by atoms with Gasteiger partial charge in [-0.1, -0.05) is 24.3 Å². The Balaban J connectivity index is 2.13. The molecule has 0 aromatic heterocycles. The van der Waals surface area contributed by atoms with E-state index in [0.717, 1.165) is 12.1 Å². The third-order valence-electron chi connectivity index (χ3n) is 3.46. The average molecular weight is 352 g/mol. The number of rotatable bonds is 5. The van der Waals surface area contributed by atoms with Crippen LogP contribution < -0.4 is 11.1 Å². The van der Waals surface area contributed by atoms with Crippen molar-refractivity contribution in [3.63, 3.8) is 0 Å². The van der Waals surface area contributed by atoms with Gasteiger partial charge in [0.1, 0.15) is 6.04 Å². The van der Waals surface area contributed by atoms with E-state index >= 15 is 0 Å². The highest BCUT2D eigenvalue weighted by Crippen LogP contribution is 2.32. The first kappa shape index (κ1) is 18.5. The van der Waals surface area contributed by atoms with Crippen molar-refractivity contribution in [3.8, 4) is 0 Å². The van der Waals surface area contributed by atoms with Crippen LogP contribution in [0.2, 0.25) is 0 Å². The summed E-state index contributed by atoms with van der Waals surface area (Å²) >= 11 is 0. The topological polar surface area (TPSA) is 92.4 Å². The van der Waals surface area contributed by atoms with Crippen LogP contribution in [0.3, 0.4) is 0 Å². The first-order valence-corrected chi connectivity index (χ1v) is 7.23. The van der Waals surface area contributed by atoms with Crippen molar-refractivity contribution in [3.05, 3.63) is 65.2 Å². The molecule has 0 saturated heterocycles. The molecule has 0 bridgehead atoms. The van der Waals surface area contributed by atoms with Gasteiger partial charge < -0.3 is 16.2 Å². The summed E-state index contributed by atoms with van der Waals surface area (Å²) in [6.07, 6.45) is -4.54. The van der Waals surface area contributed by atoms with Crippen molar-refractivity contribution in [1.29, 1.82) is 0 Å². The molecule has 25 heavy (non-hydrogen) atoms. The van der Waals surface area contributed by atoms with E-state index in [9.17, 15) is 22.8 Å². The van der Waals surface area contributed by atoms with Gasteiger partial charge in [0, 0.05) is 5.69 Å². The van der Waals surface area contributed by atoms with Crippen LogP contribution in [0.4, 0.5) is 18.9 Å². The number of halogens is 3. The number of nitrogens with one attached hydrogen (secondary N) is 1. The van der Waals surface area contributed by atoms with Crippen molar-refractivity contribution in [1.82, 2.24) is 0 Å². The Kier molecular flexibility index (Phi) is 5.43. The number of amides is 1. The third-order valence-corrected chi connectivity index (χ3v) is 3.46. The molecule has 8 heteroatoms. The summed E-state index contributed by atoms with van der Waals surface area (Å²) in [6, 6.07) is 9.47. The Labute approximate surface area is 141 Å². The molecule has 2 aromatic rings. The smallest absolute Gasteiger partial charge is 0.417 e. The zero-order valence-electron chi connectivity index (χ0n) is 12.9. The summed E-state index contributed by atoms with van der Waals surface area (Å²) in [7, 11) is 0. The first-order chi connectivity index (χ1) is 11.7. The molecule has 0 unspecified atom stereocenters. The highest BCUT2D eigenvalue weighted by Gasteiger charge is 2.34. The number of carbonyl (C=O) groups excluding carboxylic acids is 1. The van der Waals surface area contributed by atoms with Crippen LogP contribution in [0.15, 0.2) is 48.5 Å². The number of hydrogen-bond donors (Lipinski definition) is 3. The molecule has 132 valence electrons. The van der Waals surface area contributed by atoms with Crippen LogP contribution >= 0.6 is 0 Å². The van der Waals surface area contributed by atoms with E-state index in [1.165, 1.54) is 24.3 Å². The number of nitrogens with two attached hydrogens (primary N) is 1. The lowest BCUT2D eigenvalue weighted by atomic mass is 10.1. The Morgan fingerprint density at radius 3 is 2.24 bits per heavy atom. The fourth-order valence-corrected chi connectivity index (χ4v) is 2.19. The van der Waals surface area contributed by atoms with Gasteiger partial charge in [0.05, 0.1) is 11.1 Å². The van der Waals surface area contributed by atoms with Crippen LogP contribution in [-0.4, -0.2) is 23.0 Å². The first-order valence-electron chi connectivity index (χ1n) is 7.23. The third kappa shape index (κ3) is 4.80. The highest BCUT2D eigenvalue weighted by atomic mass is 19.4. The van der Waals surface area contributed by atoms with Crippen molar-refractivity contribution >= 4 is 17.6 Å². The average Bonchev–Trinajstić information content (AvgIpc) is 2.55. The predicted octanol–water partition coefficient (Wildman–Crippen LogP) is 2.91. The highest BCUT2D eigenvalue weighted by molar-refractivity contribution is 6.05. The van der Waals surface area contributed by atoms with Gasteiger partial charge in [0.25, 0.3) is 5.91 Å². The predicted molar refractivity (Wildman–Crippen MR) is 85.2 cm³/mol. The molecule has 0 aliphatic carbocycles. The summed E-state index contributed by atoms with van der Waals surface area (Å²) in [5, 5.41) is 11.1. The number of anilines is 1. The standard InChI is InChI=1S/C17H15F3N2O3/c18-17(19,20)13-4-2-1-3-12(13)15(23)22-11-7-5-10(6-8-11)9-14(21)16(24)25/h1-8,14H,9,21H2,(H,22,23)(H,24,25)/t14-/m0/s1. The second kappa shape index (κ2) is 7.35. The Bertz CT molecular complexity index is 773. The SMILES string of the molecule is N[C@@H](Cc1ccc(NC(=O)c2ccccc2C(F)(F)F)cc1)C(=O)O. The summed E-state index contributed by atoms with van der Waals surface area (Å²) in [6.45, 7) is 0. The maximum absolute atomic E-state index is 12.9. The fourth-order valence-electron chi connectivity index (χ4n) is 2.19. The van der Waals surface area contributed by atoms with Crippen LogP contribution in [0.25, 0.3) is 0 Å². The molecule has 2 aromatic carbocycles. The minimum Gasteiger partial charge on any atom is -0.480 e. The van der Waals surface area contributed by atoms with Crippen molar-refractivity contribution in [2.75, 3.05) is 5.32 Å². The summed E-state index contributed by atoms with van der Waals surface area (Å²) in [5.74, 6) is -2.02. The number of benzene rings is 2. The van der Waals surface area contributed by atoms with Gasteiger partial charge in [0.2, 0.25) is 0 Å². The van der Waals surface area contributed by atoms with Gasteiger partial charge in [-0.2, -0.15) is 13.2 Å². The largest absolute Gasteiger partial charge is 0.480 e. The molecular weight excluding hydrogens is 337 g/mol. The fraction of sp³-hybridized carbons (Fsp3) is 0.176. The van der Waals surface area contributed by atoms with E-state index in [2.05, 4.69) is 5.32 Å². The molecule has 4 N–H and O–H groups in total. The molecule has 0 saturated carbocycles. The summed E-state index contributed by atoms with van der Waals surface area (Å²) in [5.41, 5.74) is 4.84. The number of carboxylic acid groups (broad SMARTS) is 1. The second-order valence-electron chi connectivity index (χ2n) is 5.34. The molecule has 0 heterocycles. The van der Waals surface area contributed by atoms with Gasteiger partial charge in [-0.3, -0.25) is 9.59 Å². The lowest BCUT2D eigenvalue weighted by Crippen LogP contribution is -2.32. The zero-order chi connectivity index (χ0) is 18.6. The molecule has 2 rings (SSSR count). The molecule has 1 atom stereocenters. The van der Waals surface area contributed by atoms with Crippen molar-refractivity contribution in [2.45, 2.75) is 18.6 Å². The molecule has 0 radical (unpaired) electrons. The maximum Gasteiger partial charge on any atom is 0.417 e. The molecule has 0 aliphatic rings. The van der Waals surface area contributed by atoms with Crippen molar-refractivity contribution in [2.24, 2.45) is 5.73 Å². The van der Waals surface area contributed by atoms with E-state index in [0.29, 0.717) is 5.56 Å². The Hall–Kier alpha value is -2.87. The van der Waals surface area contributed by atoms with E-state index in [-0.39, 0.29) is 12.1 Å². The van der Waals surface area contributed by atoms with Crippen LogP contribution in [0.1, 0.15) is 21.5 Å². The normalized spacial score (nSPS) is 12.5.